The van der Waals surface area contributed by atoms with Crippen molar-refractivity contribution in [3.05, 3.63) is 34.2 Å². The number of H-pyrrole nitrogens is 1. The Balaban J connectivity index is 2.09. The van der Waals surface area contributed by atoms with Gasteiger partial charge in [0.25, 0.3) is 0 Å². The third kappa shape index (κ3) is 2.16. The van der Waals surface area contributed by atoms with Crippen LogP contribution >= 0.6 is 11.8 Å². The van der Waals surface area contributed by atoms with Crippen molar-refractivity contribution >= 4 is 28.8 Å². The molecule has 6 heteroatoms. The molecule has 0 spiro atoms. The number of carbonyl (C=O) groups is 1. The van der Waals surface area contributed by atoms with Gasteiger partial charge in [-0.25, -0.2) is 9.59 Å². The van der Waals surface area contributed by atoms with Gasteiger partial charge in [0.2, 0.25) is 0 Å². The molecule has 1 fully saturated rings. The van der Waals surface area contributed by atoms with E-state index in [4.69, 9.17) is 5.11 Å². The van der Waals surface area contributed by atoms with E-state index in [0.717, 1.165) is 12.2 Å². The summed E-state index contributed by atoms with van der Waals surface area (Å²) in [5.74, 6) is 0.122. The number of rotatable bonds is 3. The second-order valence-electron chi connectivity index (χ2n) is 4.68. The Kier molecular flexibility index (Phi) is 3.10. The van der Waals surface area contributed by atoms with E-state index in [-0.39, 0.29) is 11.3 Å². The number of aromatic nitrogens is 2. The zero-order valence-electron chi connectivity index (χ0n) is 10.3. The lowest BCUT2D eigenvalue weighted by Crippen LogP contribution is -2.21. The highest BCUT2D eigenvalue weighted by atomic mass is 32.2. The Morgan fingerprint density at radius 3 is 3.05 bits per heavy atom. The van der Waals surface area contributed by atoms with Gasteiger partial charge < -0.3 is 10.1 Å². The van der Waals surface area contributed by atoms with Crippen LogP contribution in [0, 0.1) is 0 Å². The number of para-hydroxylation sites is 1. The summed E-state index contributed by atoms with van der Waals surface area (Å²) in [5, 5.41) is 9.58. The third-order valence-electron chi connectivity index (χ3n) is 3.45. The van der Waals surface area contributed by atoms with Crippen LogP contribution in [0.3, 0.4) is 0 Å². The van der Waals surface area contributed by atoms with Gasteiger partial charge >= 0.3 is 11.7 Å². The highest BCUT2D eigenvalue weighted by Gasteiger charge is 2.20. The van der Waals surface area contributed by atoms with Gasteiger partial charge in [-0.05, 0) is 30.7 Å². The number of hydrogen-bond acceptors (Lipinski definition) is 3. The van der Waals surface area contributed by atoms with E-state index in [9.17, 15) is 9.59 Å². The van der Waals surface area contributed by atoms with Crippen LogP contribution in [-0.4, -0.2) is 31.6 Å². The molecular weight excluding hydrogens is 264 g/mol. The number of benzene rings is 1. The summed E-state index contributed by atoms with van der Waals surface area (Å²) in [6.07, 6.45) is 2.30. The standard InChI is InChI=1S/C13H14N2O3S/c16-12(17)9-4-1-5-10-11(9)14-13(18)15(10)7-8-3-2-6-19-8/h1,4-5,8H,2-3,6-7H2,(H,14,18)(H,16,17). The molecule has 0 aliphatic carbocycles. The maximum atomic E-state index is 12.0. The molecule has 1 aromatic heterocycles. The van der Waals surface area contributed by atoms with E-state index >= 15 is 0 Å². The third-order valence-corrected chi connectivity index (χ3v) is 4.83. The van der Waals surface area contributed by atoms with E-state index in [0.29, 0.717) is 22.8 Å². The Hall–Kier alpha value is -1.69. The van der Waals surface area contributed by atoms with Crippen LogP contribution in [-0.2, 0) is 6.54 Å². The van der Waals surface area contributed by atoms with E-state index < -0.39 is 5.97 Å². The van der Waals surface area contributed by atoms with Gasteiger partial charge in [-0.3, -0.25) is 4.57 Å². The number of hydrogen-bond donors (Lipinski definition) is 2. The quantitative estimate of drug-likeness (QED) is 0.899. The van der Waals surface area contributed by atoms with Gasteiger partial charge in [0, 0.05) is 11.8 Å². The molecule has 1 aromatic carbocycles. The van der Waals surface area contributed by atoms with Crippen LogP contribution in [0.15, 0.2) is 23.0 Å². The van der Waals surface area contributed by atoms with Crippen molar-refractivity contribution in [3.63, 3.8) is 0 Å². The minimum Gasteiger partial charge on any atom is -0.478 e. The molecule has 2 N–H and O–H groups in total. The Labute approximate surface area is 113 Å². The second-order valence-corrected chi connectivity index (χ2v) is 6.09. The second kappa shape index (κ2) is 4.77. The highest BCUT2D eigenvalue weighted by Crippen LogP contribution is 2.28. The van der Waals surface area contributed by atoms with E-state index in [1.165, 1.54) is 12.5 Å². The summed E-state index contributed by atoms with van der Waals surface area (Å²) in [7, 11) is 0. The Morgan fingerprint density at radius 1 is 1.53 bits per heavy atom. The molecule has 2 aromatic rings. The highest BCUT2D eigenvalue weighted by molar-refractivity contribution is 8.00. The summed E-state index contributed by atoms with van der Waals surface area (Å²) in [4.78, 5) is 25.8. The molecule has 3 rings (SSSR count). The Bertz CT molecular complexity index is 683. The van der Waals surface area contributed by atoms with Crippen molar-refractivity contribution in [3.8, 4) is 0 Å². The van der Waals surface area contributed by atoms with Crippen LogP contribution in [0.25, 0.3) is 11.0 Å². The van der Waals surface area contributed by atoms with Crippen molar-refractivity contribution in [2.45, 2.75) is 24.6 Å². The van der Waals surface area contributed by atoms with Crippen LogP contribution in [0.1, 0.15) is 23.2 Å². The number of fused-ring (bicyclic) bond motifs is 1. The number of aromatic carboxylic acids is 1. The fourth-order valence-electron chi connectivity index (χ4n) is 2.53. The average Bonchev–Trinajstić information content (AvgIpc) is 2.98. The molecule has 1 saturated heterocycles. The predicted molar refractivity (Wildman–Crippen MR) is 75.0 cm³/mol. The maximum Gasteiger partial charge on any atom is 0.337 e. The molecule has 0 radical (unpaired) electrons. The van der Waals surface area contributed by atoms with Gasteiger partial charge in [0.05, 0.1) is 16.6 Å². The molecule has 5 nitrogen and oxygen atoms in total. The molecule has 2 heterocycles. The minimum atomic E-state index is -1.02. The molecule has 0 bridgehead atoms. The first kappa shape index (κ1) is 12.3. The molecular formula is C13H14N2O3S. The van der Waals surface area contributed by atoms with Gasteiger partial charge in [0.15, 0.2) is 0 Å². The Morgan fingerprint density at radius 2 is 2.37 bits per heavy atom. The first-order valence-corrected chi connectivity index (χ1v) is 7.28. The van der Waals surface area contributed by atoms with Crippen LogP contribution < -0.4 is 5.69 Å². The summed E-state index contributed by atoms with van der Waals surface area (Å²) in [6.45, 7) is 0.645. The fraction of sp³-hybridized carbons (Fsp3) is 0.385. The fourth-order valence-corrected chi connectivity index (χ4v) is 3.79. The summed E-state index contributed by atoms with van der Waals surface area (Å²) < 4.78 is 1.66. The first-order chi connectivity index (χ1) is 9.16. The maximum absolute atomic E-state index is 12.0. The van der Waals surface area contributed by atoms with Crippen molar-refractivity contribution < 1.29 is 9.90 Å². The van der Waals surface area contributed by atoms with Gasteiger partial charge in [-0.15, -0.1) is 0 Å². The van der Waals surface area contributed by atoms with Crippen LogP contribution in [0.2, 0.25) is 0 Å². The lowest BCUT2D eigenvalue weighted by Gasteiger charge is -2.09. The number of thioether (sulfide) groups is 1. The zero-order valence-corrected chi connectivity index (χ0v) is 11.1. The smallest absolute Gasteiger partial charge is 0.337 e. The molecule has 1 aliphatic heterocycles. The lowest BCUT2D eigenvalue weighted by molar-refractivity contribution is 0.0699. The zero-order chi connectivity index (χ0) is 13.4. The number of nitrogens with one attached hydrogen (secondary N) is 1. The molecule has 1 aliphatic rings. The molecule has 0 saturated carbocycles. The number of aromatic amines is 1. The summed E-state index contributed by atoms with van der Waals surface area (Å²) in [5.41, 5.74) is 1.02. The monoisotopic (exact) mass is 278 g/mol. The van der Waals surface area contributed by atoms with Crippen LogP contribution in [0.4, 0.5) is 0 Å². The molecule has 1 unspecified atom stereocenters. The van der Waals surface area contributed by atoms with Crippen molar-refractivity contribution in [1.29, 1.82) is 0 Å². The normalized spacial score (nSPS) is 19.1. The SMILES string of the molecule is O=C(O)c1cccc2c1[nH]c(=O)n2CC1CCCS1. The van der Waals surface area contributed by atoms with E-state index in [1.807, 2.05) is 11.8 Å². The van der Waals surface area contributed by atoms with Crippen LogP contribution in [0.5, 0.6) is 0 Å². The minimum absolute atomic E-state index is 0.146. The largest absolute Gasteiger partial charge is 0.478 e. The van der Waals surface area contributed by atoms with Crippen molar-refractivity contribution in [2.24, 2.45) is 0 Å². The van der Waals surface area contributed by atoms with Gasteiger partial charge in [0.1, 0.15) is 0 Å². The molecule has 100 valence electrons. The predicted octanol–water partition coefficient (Wildman–Crippen LogP) is 1.92. The van der Waals surface area contributed by atoms with Gasteiger partial charge in [-0.2, -0.15) is 11.8 Å². The van der Waals surface area contributed by atoms with E-state index in [2.05, 4.69) is 4.98 Å². The summed E-state index contributed by atoms with van der Waals surface area (Å²) >= 11 is 1.88. The number of carboxylic acid groups (broad SMARTS) is 1. The first-order valence-electron chi connectivity index (χ1n) is 6.23. The molecule has 1 atom stereocenters. The average molecular weight is 278 g/mol. The molecule has 0 amide bonds. The number of imidazole rings is 1. The number of carboxylic acids is 1. The topological polar surface area (TPSA) is 75.1 Å². The van der Waals surface area contributed by atoms with Gasteiger partial charge in [-0.1, -0.05) is 6.07 Å². The van der Waals surface area contributed by atoms with Crippen molar-refractivity contribution in [2.75, 3.05) is 5.75 Å². The van der Waals surface area contributed by atoms with E-state index in [1.54, 1.807) is 16.7 Å². The molecule has 19 heavy (non-hydrogen) atoms. The summed E-state index contributed by atoms with van der Waals surface area (Å²) in [6, 6.07) is 4.98. The number of nitrogens with zero attached hydrogens (tertiary/aromatic N) is 1. The van der Waals surface area contributed by atoms with Crippen molar-refractivity contribution in [1.82, 2.24) is 9.55 Å². The lowest BCUT2D eigenvalue weighted by atomic mass is 10.2.